The topological polar surface area (TPSA) is 72.6 Å². The molecule has 1 amide bonds. The van der Waals surface area contributed by atoms with Gasteiger partial charge in [-0.15, -0.1) is 0 Å². The molecular formula is C18H22N2O4. The van der Waals surface area contributed by atoms with Gasteiger partial charge in [0.2, 0.25) is 0 Å². The van der Waals surface area contributed by atoms with Gasteiger partial charge in [-0.2, -0.15) is 0 Å². The quantitative estimate of drug-likeness (QED) is 0.905. The van der Waals surface area contributed by atoms with Crippen molar-refractivity contribution in [1.29, 1.82) is 0 Å². The standard InChI is InChI=1S/C18H22N2O4/c1-22-13-4-2-11-8-15(20-14(11)10-13)18(21)19-12-3-5-16-17(9-12)24-7-6-23-16/h2,4,8,10,12,16-17,20H,3,5-7,9H2,1H3,(H,19,21)/t12-,16-,17-/m1/s1. The lowest BCUT2D eigenvalue weighted by molar-refractivity contribution is -0.157. The molecular weight excluding hydrogens is 308 g/mol. The molecule has 128 valence electrons. The average Bonchev–Trinajstić information content (AvgIpc) is 3.05. The molecule has 2 aliphatic rings. The number of carbonyl (C=O) groups excluding carboxylic acids is 1. The fourth-order valence-electron chi connectivity index (χ4n) is 3.62. The van der Waals surface area contributed by atoms with E-state index in [1.165, 1.54) is 0 Å². The maximum Gasteiger partial charge on any atom is 0.267 e. The summed E-state index contributed by atoms with van der Waals surface area (Å²) in [6.45, 7) is 1.32. The Morgan fingerprint density at radius 2 is 2.04 bits per heavy atom. The summed E-state index contributed by atoms with van der Waals surface area (Å²) in [7, 11) is 1.63. The van der Waals surface area contributed by atoms with E-state index in [0.717, 1.165) is 35.9 Å². The van der Waals surface area contributed by atoms with E-state index in [9.17, 15) is 4.79 Å². The number of hydrogen-bond donors (Lipinski definition) is 2. The van der Waals surface area contributed by atoms with Crippen LogP contribution in [-0.2, 0) is 9.47 Å². The van der Waals surface area contributed by atoms with Crippen molar-refractivity contribution in [3.05, 3.63) is 30.0 Å². The van der Waals surface area contributed by atoms with E-state index < -0.39 is 0 Å². The van der Waals surface area contributed by atoms with Crippen LogP contribution in [0.15, 0.2) is 24.3 Å². The van der Waals surface area contributed by atoms with Gasteiger partial charge in [0, 0.05) is 23.0 Å². The van der Waals surface area contributed by atoms with Gasteiger partial charge in [-0.05, 0) is 37.5 Å². The Kier molecular flexibility index (Phi) is 4.16. The predicted octanol–water partition coefficient (Wildman–Crippen LogP) is 2.24. The third-order valence-electron chi connectivity index (χ3n) is 4.89. The molecule has 0 spiro atoms. The van der Waals surface area contributed by atoms with E-state index in [-0.39, 0.29) is 24.2 Å². The molecule has 0 radical (unpaired) electrons. The molecule has 2 heterocycles. The molecule has 2 fully saturated rings. The lowest BCUT2D eigenvalue weighted by Gasteiger charge is -2.39. The normalized spacial score (nSPS) is 26.8. The number of rotatable bonds is 3. The summed E-state index contributed by atoms with van der Waals surface area (Å²) in [5.74, 6) is 0.689. The molecule has 24 heavy (non-hydrogen) atoms. The van der Waals surface area contributed by atoms with Gasteiger partial charge in [-0.3, -0.25) is 4.79 Å². The van der Waals surface area contributed by atoms with Crippen LogP contribution in [0, 0.1) is 0 Å². The molecule has 4 rings (SSSR count). The van der Waals surface area contributed by atoms with Crippen LogP contribution in [0.4, 0.5) is 0 Å². The number of carbonyl (C=O) groups is 1. The number of hydrogen-bond acceptors (Lipinski definition) is 4. The fraction of sp³-hybridized carbons (Fsp3) is 0.500. The highest BCUT2D eigenvalue weighted by atomic mass is 16.6. The van der Waals surface area contributed by atoms with Crippen LogP contribution < -0.4 is 10.1 Å². The fourth-order valence-corrected chi connectivity index (χ4v) is 3.62. The summed E-state index contributed by atoms with van der Waals surface area (Å²) >= 11 is 0. The van der Waals surface area contributed by atoms with Crippen LogP contribution in [0.2, 0.25) is 0 Å². The maximum atomic E-state index is 12.6. The minimum Gasteiger partial charge on any atom is -0.497 e. The van der Waals surface area contributed by atoms with Crippen molar-refractivity contribution in [2.75, 3.05) is 20.3 Å². The summed E-state index contributed by atoms with van der Waals surface area (Å²) in [4.78, 5) is 15.7. The molecule has 1 saturated carbocycles. The Morgan fingerprint density at radius 1 is 1.21 bits per heavy atom. The molecule has 1 aliphatic carbocycles. The van der Waals surface area contributed by atoms with E-state index in [2.05, 4.69) is 10.3 Å². The Balaban J connectivity index is 1.44. The van der Waals surface area contributed by atoms with Crippen LogP contribution in [-0.4, -0.2) is 49.5 Å². The van der Waals surface area contributed by atoms with E-state index in [4.69, 9.17) is 14.2 Å². The number of benzene rings is 1. The highest BCUT2D eigenvalue weighted by Gasteiger charge is 2.34. The summed E-state index contributed by atoms with van der Waals surface area (Å²) in [5, 5.41) is 4.11. The average molecular weight is 330 g/mol. The number of H-pyrrole nitrogens is 1. The molecule has 6 nitrogen and oxygen atoms in total. The number of fused-ring (bicyclic) bond motifs is 2. The maximum absolute atomic E-state index is 12.6. The minimum atomic E-state index is -0.0784. The lowest BCUT2D eigenvalue weighted by Crippen LogP contribution is -2.49. The van der Waals surface area contributed by atoms with Gasteiger partial charge < -0.3 is 24.5 Å². The van der Waals surface area contributed by atoms with Gasteiger partial charge >= 0.3 is 0 Å². The molecule has 1 aliphatic heterocycles. The zero-order valence-corrected chi connectivity index (χ0v) is 13.7. The van der Waals surface area contributed by atoms with Crippen molar-refractivity contribution in [2.45, 2.75) is 37.5 Å². The summed E-state index contributed by atoms with van der Waals surface area (Å²) in [5.41, 5.74) is 1.47. The zero-order valence-electron chi connectivity index (χ0n) is 13.7. The Labute approximate surface area is 140 Å². The monoisotopic (exact) mass is 330 g/mol. The van der Waals surface area contributed by atoms with Crippen molar-refractivity contribution in [1.82, 2.24) is 10.3 Å². The molecule has 1 aromatic carbocycles. The predicted molar refractivity (Wildman–Crippen MR) is 89.4 cm³/mol. The number of aromatic amines is 1. The molecule has 1 aromatic heterocycles. The summed E-state index contributed by atoms with van der Waals surface area (Å²) in [6.07, 6.45) is 2.95. The lowest BCUT2D eigenvalue weighted by atomic mass is 9.89. The van der Waals surface area contributed by atoms with Gasteiger partial charge in [-0.25, -0.2) is 0 Å². The second-order valence-electron chi connectivity index (χ2n) is 6.44. The van der Waals surface area contributed by atoms with Crippen LogP contribution in [0.25, 0.3) is 10.9 Å². The van der Waals surface area contributed by atoms with E-state index in [0.29, 0.717) is 18.9 Å². The second-order valence-corrected chi connectivity index (χ2v) is 6.44. The molecule has 0 bridgehead atoms. The smallest absolute Gasteiger partial charge is 0.267 e. The minimum absolute atomic E-state index is 0.0784. The number of ether oxygens (including phenoxy) is 3. The first-order valence-electron chi connectivity index (χ1n) is 8.44. The first-order valence-corrected chi connectivity index (χ1v) is 8.44. The first kappa shape index (κ1) is 15.5. The van der Waals surface area contributed by atoms with Crippen LogP contribution in [0.1, 0.15) is 29.8 Å². The van der Waals surface area contributed by atoms with Crippen molar-refractivity contribution < 1.29 is 19.0 Å². The van der Waals surface area contributed by atoms with Crippen LogP contribution in [0.3, 0.4) is 0 Å². The third-order valence-corrected chi connectivity index (χ3v) is 4.89. The van der Waals surface area contributed by atoms with Crippen molar-refractivity contribution in [3.63, 3.8) is 0 Å². The highest BCUT2D eigenvalue weighted by Crippen LogP contribution is 2.27. The Hall–Kier alpha value is -2.05. The van der Waals surface area contributed by atoms with Gasteiger partial charge in [0.15, 0.2) is 0 Å². The SMILES string of the molecule is COc1ccc2cc(C(=O)N[C@@H]3CC[C@H]4OCCO[C@@H]4C3)[nH]c2c1. The summed E-state index contributed by atoms with van der Waals surface area (Å²) < 4.78 is 16.7. The van der Waals surface area contributed by atoms with Gasteiger partial charge in [0.05, 0.1) is 32.5 Å². The van der Waals surface area contributed by atoms with E-state index >= 15 is 0 Å². The molecule has 6 heteroatoms. The molecule has 3 atom stereocenters. The molecule has 1 saturated heterocycles. The Morgan fingerprint density at radius 3 is 2.88 bits per heavy atom. The third kappa shape index (κ3) is 2.99. The zero-order chi connectivity index (χ0) is 16.5. The van der Waals surface area contributed by atoms with Crippen LogP contribution >= 0.6 is 0 Å². The molecule has 0 unspecified atom stereocenters. The van der Waals surface area contributed by atoms with Crippen molar-refractivity contribution in [3.8, 4) is 5.75 Å². The van der Waals surface area contributed by atoms with Crippen molar-refractivity contribution >= 4 is 16.8 Å². The van der Waals surface area contributed by atoms with Gasteiger partial charge in [-0.1, -0.05) is 0 Å². The van der Waals surface area contributed by atoms with E-state index in [1.54, 1.807) is 7.11 Å². The first-order chi connectivity index (χ1) is 11.7. The molecule has 2 N–H and O–H groups in total. The van der Waals surface area contributed by atoms with Gasteiger partial charge in [0.25, 0.3) is 5.91 Å². The number of nitrogens with one attached hydrogen (secondary N) is 2. The number of aromatic nitrogens is 1. The van der Waals surface area contributed by atoms with Crippen LogP contribution in [0.5, 0.6) is 5.75 Å². The highest BCUT2D eigenvalue weighted by molar-refractivity contribution is 5.98. The van der Waals surface area contributed by atoms with E-state index in [1.807, 2.05) is 24.3 Å². The number of methoxy groups -OCH3 is 1. The summed E-state index contributed by atoms with van der Waals surface area (Å²) in [6, 6.07) is 7.72. The molecule has 2 aromatic rings. The largest absolute Gasteiger partial charge is 0.497 e. The Bertz CT molecular complexity index is 742. The van der Waals surface area contributed by atoms with Crippen molar-refractivity contribution in [2.24, 2.45) is 0 Å². The number of amides is 1. The van der Waals surface area contributed by atoms with Gasteiger partial charge in [0.1, 0.15) is 11.4 Å². The second kappa shape index (κ2) is 6.45.